The molecule has 10 heavy (non-hydrogen) atoms. The molecule has 2 nitrogen and oxygen atoms in total. The summed E-state index contributed by atoms with van der Waals surface area (Å²) in [6, 6.07) is 2.03. The van der Waals surface area contributed by atoms with Crippen LogP contribution in [0, 0.1) is 0 Å². The lowest BCUT2D eigenvalue weighted by Crippen LogP contribution is -2.28. The molecule has 0 atom stereocenters. The van der Waals surface area contributed by atoms with E-state index in [0.29, 0.717) is 6.42 Å². The molecule has 52 valence electrons. The summed E-state index contributed by atoms with van der Waals surface area (Å²) in [6.07, 6.45) is 0.568. The van der Waals surface area contributed by atoms with Crippen molar-refractivity contribution in [3.8, 4) is 0 Å². The van der Waals surface area contributed by atoms with E-state index in [-0.39, 0.29) is 5.91 Å². The molecule has 0 saturated heterocycles. The van der Waals surface area contributed by atoms with Gasteiger partial charge >= 0.3 is 0 Å². The average Bonchev–Trinajstić information content (AvgIpc) is 2.33. The number of amides is 1. The summed E-state index contributed by atoms with van der Waals surface area (Å²) in [4.78, 5) is 12.1. The quantitative estimate of drug-likeness (QED) is 0.590. The monoisotopic (exact) mass is 153 g/mol. The Morgan fingerprint density at radius 2 is 2.50 bits per heavy atom. The first-order chi connectivity index (χ1) is 4.86. The van der Waals surface area contributed by atoms with Crippen LogP contribution in [-0.2, 0) is 17.8 Å². The molecule has 1 aliphatic heterocycles. The van der Waals surface area contributed by atoms with E-state index in [0.717, 1.165) is 6.54 Å². The van der Waals surface area contributed by atoms with E-state index in [1.54, 1.807) is 11.3 Å². The zero-order chi connectivity index (χ0) is 6.97. The highest BCUT2D eigenvalue weighted by atomic mass is 32.1. The van der Waals surface area contributed by atoms with Crippen LogP contribution in [0.25, 0.3) is 0 Å². The average molecular weight is 153 g/mol. The van der Waals surface area contributed by atoms with E-state index in [4.69, 9.17) is 0 Å². The molecule has 1 aromatic rings. The molecule has 2 heterocycles. The van der Waals surface area contributed by atoms with Gasteiger partial charge in [0, 0.05) is 4.88 Å². The molecule has 2 rings (SSSR count). The molecule has 3 heteroatoms. The third-order valence-corrected chi connectivity index (χ3v) is 2.60. The van der Waals surface area contributed by atoms with Crippen LogP contribution in [0.3, 0.4) is 0 Å². The molecule has 0 unspecified atom stereocenters. The van der Waals surface area contributed by atoms with E-state index in [1.165, 1.54) is 10.4 Å². The van der Waals surface area contributed by atoms with E-state index in [1.807, 2.05) is 11.4 Å². The second-order valence-corrected chi connectivity index (χ2v) is 3.32. The van der Waals surface area contributed by atoms with Gasteiger partial charge in [-0.05, 0) is 17.0 Å². The Kier molecular flexibility index (Phi) is 1.24. The largest absolute Gasteiger partial charge is 0.351 e. The Labute approximate surface area is 62.9 Å². The Morgan fingerprint density at radius 1 is 1.60 bits per heavy atom. The summed E-state index contributed by atoms with van der Waals surface area (Å²) in [5, 5.41) is 4.83. The summed E-state index contributed by atoms with van der Waals surface area (Å²) >= 11 is 1.71. The van der Waals surface area contributed by atoms with Gasteiger partial charge in [0.2, 0.25) is 5.91 Å². The standard InChI is InChI=1S/C7H7NOS/c9-7-3-5-1-2-10-6(5)4-8-7/h1-2H,3-4H2,(H,8,9). The third-order valence-electron chi connectivity index (χ3n) is 1.63. The predicted molar refractivity (Wildman–Crippen MR) is 39.9 cm³/mol. The summed E-state index contributed by atoms with van der Waals surface area (Å²) in [6.45, 7) is 0.728. The molecule has 0 aromatic carbocycles. The maximum Gasteiger partial charge on any atom is 0.224 e. The van der Waals surface area contributed by atoms with Crippen LogP contribution in [0.15, 0.2) is 11.4 Å². The van der Waals surface area contributed by atoms with Gasteiger partial charge in [0.15, 0.2) is 0 Å². The molecule has 0 fully saturated rings. The van der Waals surface area contributed by atoms with Crippen molar-refractivity contribution in [2.75, 3.05) is 0 Å². The number of nitrogens with one attached hydrogen (secondary N) is 1. The molecule has 0 aliphatic carbocycles. The van der Waals surface area contributed by atoms with Crippen LogP contribution < -0.4 is 5.32 Å². The van der Waals surface area contributed by atoms with Crippen LogP contribution >= 0.6 is 11.3 Å². The number of fused-ring (bicyclic) bond motifs is 1. The Hall–Kier alpha value is -0.830. The number of carbonyl (C=O) groups excluding carboxylic acids is 1. The highest BCUT2D eigenvalue weighted by molar-refractivity contribution is 7.10. The summed E-state index contributed by atoms with van der Waals surface area (Å²) in [5.41, 5.74) is 1.20. The molecule has 1 aliphatic rings. The summed E-state index contributed by atoms with van der Waals surface area (Å²) in [5.74, 6) is 0.144. The zero-order valence-corrected chi connectivity index (χ0v) is 6.20. The molecule has 0 saturated carbocycles. The topological polar surface area (TPSA) is 29.1 Å². The van der Waals surface area contributed by atoms with Crippen LogP contribution in [0.1, 0.15) is 10.4 Å². The van der Waals surface area contributed by atoms with Crippen molar-refractivity contribution in [3.63, 3.8) is 0 Å². The van der Waals surface area contributed by atoms with E-state index < -0.39 is 0 Å². The van der Waals surface area contributed by atoms with Crippen molar-refractivity contribution in [1.29, 1.82) is 0 Å². The minimum absolute atomic E-state index is 0.144. The van der Waals surface area contributed by atoms with Gasteiger partial charge in [-0.15, -0.1) is 11.3 Å². The second-order valence-electron chi connectivity index (χ2n) is 2.32. The summed E-state index contributed by atoms with van der Waals surface area (Å²) < 4.78 is 0. The van der Waals surface area contributed by atoms with Gasteiger partial charge in [0.1, 0.15) is 0 Å². The minimum Gasteiger partial charge on any atom is -0.351 e. The lowest BCUT2D eigenvalue weighted by Gasteiger charge is -2.10. The molecule has 1 aromatic heterocycles. The van der Waals surface area contributed by atoms with Crippen molar-refractivity contribution < 1.29 is 4.79 Å². The predicted octanol–water partition coefficient (Wildman–Crippen LogP) is 0.920. The molecular weight excluding hydrogens is 146 g/mol. The number of thiophene rings is 1. The van der Waals surface area contributed by atoms with Gasteiger partial charge < -0.3 is 5.32 Å². The van der Waals surface area contributed by atoms with Crippen molar-refractivity contribution in [1.82, 2.24) is 5.32 Å². The lowest BCUT2D eigenvalue weighted by molar-refractivity contribution is -0.120. The first-order valence-electron chi connectivity index (χ1n) is 3.18. The van der Waals surface area contributed by atoms with Gasteiger partial charge in [-0.25, -0.2) is 0 Å². The van der Waals surface area contributed by atoms with Gasteiger partial charge in [0.05, 0.1) is 13.0 Å². The van der Waals surface area contributed by atoms with E-state index in [9.17, 15) is 4.79 Å². The Bertz CT molecular complexity index is 266. The van der Waals surface area contributed by atoms with Crippen molar-refractivity contribution in [2.24, 2.45) is 0 Å². The number of hydrogen-bond donors (Lipinski definition) is 1. The third kappa shape index (κ3) is 0.827. The SMILES string of the molecule is O=C1Cc2ccsc2CN1. The van der Waals surface area contributed by atoms with Gasteiger partial charge in [-0.3, -0.25) is 4.79 Å². The smallest absolute Gasteiger partial charge is 0.224 e. The summed E-state index contributed by atoms with van der Waals surface area (Å²) in [7, 11) is 0. The van der Waals surface area contributed by atoms with Crippen LogP contribution in [0.2, 0.25) is 0 Å². The molecular formula is C7H7NOS. The van der Waals surface area contributed by atoms with Crippen LogP contribution in [0.4, 0.5) is 0 Å². The van der Waals surface area contributed by atoms with E-state index in [2.05, 4.69) is 5.32 Å². The van der Waals surface area contributed by atoms with E-state index >= 15 is 0 Å². The minimum atomic E-state index is 0.144. The van der Waals surface area contributed by atoms with Crippen LogP contribution in [0.5, 0.6) is 0 Å². The zero-order valence-electron chi connectivity index (χ0n) is 5.39. The van der Waals surface area contributed by atoms with Crippen molar-refractivity contribution >= 4 is 17.2 Å². The molecule has 1 N–H and O–H groups in total. The molecule has 0 radical (unpaired) electrons. The first kappa shape index (κ1) is 5.92. The van der Waals surface area contributed by atoms with Crippen molar-refractivity contribution in [2.45, 2.75) is 13.0 Å². The van der Waals surface area contributed by atoms with Gasteiger partial charge in [0.25, 0.3) is 0 Å². The number of carbonyl (C=O) groups is 1. The molecule has 0 bridgehead atoms. The van der Waals surface area contributed by atoms with Crippen LogP contribution in [-0.4, -0.2) is 5.91 Å². The van der Waals surface area contributed by atoms with Crippen molar-refractivity contribution in [3.05, 3.63) is 21.9 Å². The lowest BCUT2D eigenvalue weighted by atomic mass is 10.1. The number of hydrogen-bond acceptors (Lipinski definition) is 2. The van der Waals surface area contributed by atoms with Gasteiger partial charge in [-0.2, -0.15) is 0 Å². The Balaban J connectivity index is 2.39. The fourth-order valence-electron chi connectivity index (χ4n) is 1.09. The fourth-order valence-corrected chi connectivity index (χ4v) is 1.94. The molecule has 0 spiro atoms. The fraction of sp³-hybridized carbons (Fsp3) is 0.286. The normalized spacial score (nSPS) is 16.2. The second kappa shape index (κ2) is 2.09. The molecule has 1 amide bonds. The first-order valence-corrected chi connectivity index (χ1v) is 4.06. The maximum absolute atomic E-state index is 10.8. The highest BCUT2D eigenvalue weighted by Crippen LogP contribution is 2.19. The maximum atomic E-state index is 10.8. The Morgan fingerprint density at radius 3 is 3.40 bits per heavy atom. The highest BCUT2D eigenvalue weighted by Gasteiger charge is 2.14. The number of rotatable bonds is 0. The van der Waals surface area contributed by atoms with Gasteiger partial charge in [-0.1, -0.05) is 0 Å².